The van der Waals surface area contributed by atoms with E-state index in [1.165, 1.54) is 12.1 Å². The minimum Gasteiger partial charge on any atom is -0.504 e. The van der Waals surface area contributed by atoms with Crippen molar-refractivity contribution in [2.45, 2.75) is 17.2 Å². The molecule has 0 aliphatic carbocycles. The lowest BCUT2D eigenvalue weighted by molar-refractivity contribution is 0.0183. The van der Waals surface area contributed by atoms with Gasteiger partial charge in [0.05, 0.1) is 17.3 Å². The van der Waals surface area contributed by atoms with E-state index in [4.69, 9.17) is 17.3 Å². The van der Waals surface area contributed by atoms with Crippen LogP contribution >= 0.6 is 11.6 Å². The summed E-state index contributed by atoms with van der Waals surface area (Å²) in [6.45, 7) is -1.26. The molecule has 0 radical (unpaired) electrons. The van der Waals surface area contributed by atoms with Crippen LogP contribution in [0.2, 0.25) is 5.02 Å². The Hall–Kier alpha value is -1.12. The van der Waals surface area contributed by atoms with Gasteiger partial charge in [-0.25, -0.2) is 17.2 Å². The number of alkyl halides is 2. The van der Waals surface area contributed by atoms with Gasteiger partial charge in [0.2, 0.25) is 10.0 Å². The van der Waals surface area contributed by atoms with E-state index in [0.29, 0.717) is 4.31 Å². The second kappa shape index (κ2) is 4.46. The summed E-state index contributed by atoms with van der Waals surface area (Å²) >= 11 is 5.73. The molecule has 1 aliphatic heterocycles. The summed E-state index contributed by atoms with van der Waals surface area (Å²) in [6, 6.07) is 2.42. The first-order chi connectivity index (χ1) is 8.65. The van der Waals surface area contributed by atoms with Crippen LogP contribution in [-0.4, -0.2) is 36.8 Å². The molecule has 1 fully saturated rings. The quantitative estimate of drug-likeness (QED) is 0.642. The summed E-state index contributed by atoms with van der Waals surface area (Å²) < 4.78 is 51.2. The number of nitrogens with two attached hydrogens (primary N) is 1. The van der Waals surface area contributed by atoms with Gasteiger partial charge in [-0.15, -0.1) is 0 Å². The van der Waals surface area contributed by atoms with Gasteiger partial charge >= 0.3 is 0 Å². The Bertz CT molecular complexity index is 621. The lowest BCUT2D eigenvalue weighted by atomic mass is 10.3. The van der Waals surface area contributed by atoms with Gasteiger partial charge < -0.3 is 10.8 Å². The summed E-state index contributed by atoms with van der Waals surface area (Å²) in [4.78, 5) is -0.633. The number of hydrogen-bond acceptors (Lipinski definition) is 4. The fourth-order valence-corrected chi connectivity index (χ4v) is 3.92. The summed E-state index contributed by atoms with van der Waals surface area (Å²) in [6.07, 6.45) is -0.563. The third-order valence-electron chi connectivity index (χ3n) is 2.85. The third-order valence-corrected chi connectivity index (χ3v) is 5.19. The van der Waals surface area contributed by atoms with Crippen LogP contribution in [0.4, 0.5) is 14.5 Å². The highest BCUT2D eigenvalue weighted by Gasteiger charge is 2.45. The molecule has 0 spiro atoms. The summed E-state index contributed by atoms with van der Waals surface area (Å²) in [7, 11) is -4.30. The van der Waals surface area contributed by atoms with Crippen molar-refractivity contribution in [2.75, 3.05) is 18.8 Å². The number of nitrogens with zero attached hydrogens (tertiary/aromatic N) is 1. The molecular weight excluding hydrogens is 302 g/mol. The van der Waals surface area contributed by atoms with Gasteiger partial charge in [-0.2, -0.15) is 4.31 Å². The standard InChI is InChI=1S/C10H11ClF2N2O3S/c11-6-1-2-7(14)8(16)9(6)19(17,18)15-4-3-10(12,13)5-15/h1-2,16H,3-5,14H2. The van der Waals surface area contributed by atoms with Crippen LogP contribution in [0.5, 0.6) is 5.75 Å². The molecule has 0 saturated carbocycles. The van der Waals surface area contributed by atoms with E-state index in [1.54, 1.807) is 0 Å². The zero-order valence-corrected chi connectivity index (χ0v) is 11.2. The number of phenols is 1. The van der Waals surface area contributed by atoms with Gasteiger partial charge in [0, 0.05) is 13.0 Å². The maximum Gasteiger partial charge on any atom is 0.262 e. The number of hydrogen-bond donors (Lipinski definition) is 2. The molecule has 0 atom stereocenters. The van der Waals surface area contributed by atoms with E-state index >= 15 is 0 Å². The predicted octanol–water partition coefficient (Wildman–Crippen LogP) is 1.66. The van der Waals surface area contributed by atoms with Gasteiger partial charge in [0.15, 0.2) is 5.75 Å². The average Bonchev–Trinajstić information content (AvgIpc) is 2.65. The SMILES string of the molecule is Nc1ccc(Cl)c(S(=O)(=O)N2CCC(F)(F)C2)c1O. The zero-order valence-electron chi connectivity index (χ0n) is 9.61. The van der Waals surface area contributed by atoms with Crippen LogP contribution in [0.15, 0.2) is 17.0 Å². The maximum absolute atomic E-state index is 13.1. The van der Waals surface area contributed by atoms with Crippen LogP contribution < -0.4 is 5.73 Å². The van der Waals surface area contributed by atoms with E-state index < -0.39 is 39.6 Å². The minimum atomic E-state index is -4.30. The van der Waals surface area contributed by atoms with Crippen molar-refractivity contribution >= 4 is 27.3 Å². The number of nitrogen functional groups attached to an aromatic ring is 1. The van der Waals surface area contributed by atoms with Crippen molar-refractivity contribution in [1.82, 2.24) is 4.31 Å². The largest absolute Gasteiger partial charge is 0.504 e. The Morgan fingerprint density at radius 1 is 1.42 bits per heavy atom. The second-order valence-corrected chi connectivity index (χ2v) is 6.54. The molecule has 3 N–H and O–H groups in total. The monoisotopic (exact) mass is 312 g/mol. The molecule has 1 heterocycles. The third kappa shape index (κ3) is 2.47. The van der Waals surface area contributed by atoms with Gasteiger partial charge in [-0.05, 0) is 12.1 Å². The Morgan fingerprint density at radius 3 is 2.58 bits per heavy atom. The number of rotatable bonds is 2. The van der Waals surface area contributed by atoms with E-state index in [0.717, 1.165) is 0 Å². The minimum absolute atomic E-state index is 0.186. The van der Waals surface area contributed by atoms with Crippen LogP contribution in [0.25, 0.3) is 0 Å². The molecule has 2 rings (SSSR count). The molecule has 1 saturated heterocycles. The van der Waals surface area contributed by atoms with Crippen molar-refractivity contribution in [3.8, 4) is 5.75 Å². The maximum atomic E-state index is 13.1. The summed E-state index contributed by atoms with van der Waals surface area (Å²) in [5, 5.41) is 9.44. The molecule has 0 amide bonds. The Labute approximate surface area is 113 Å². The van der Waals surface area contributed by atoms with E-state index in [2.05, 4.69) is 0 Å². The molecule has 1 aromatic carbocycles. The normalized spacial score (nSPS) is 19.7. The van der Waals surface area contributed by atoms with Gasteiger partial charge in [0.1, 0.15) is 4.90 Å². The van der Waals surface area contributed by atoms with Crippen LogP contribution in [0.1, 0.15) is 6.42 Å². The molecule has 9 heteroatoms. The highest BCUT2D eigenvalue weighted by molar-refractivity contribution is 7.89. The van der Waals surface area contributed by atoms with Gasteiger partial charge in [0.25, 0.3) is 5.92 Å². The summed E-state index contributed by atoms with van der Waals surface area (Å²) in [5.74, 6) is -3.79. The lowest BCUT2D eigenvalue weighted by Crippen LogP contribution is -2.31. The van der Waals surface area contributed by atoms with Crippen molar-refractivity contribution in [3.63, 3.8) is 0 Å². The Balaban J connectivity index is 2.50. The van der Waals surface area contributed by atoms with E-state index in [1.807, 2.05) is 0 Å². The first-order valence-corrected chi connectivity index (χ1v) is 7.12. The van der Waals surface area contributed by atoms with Crippen LogP contribution in [0, 0.1) is 0 Å². The summed E-state index contributed by atoms with van der Waals surface area (Å²) in [5.41, 5.74) is 5.21. The van der Waals surface area contributed by atoms with Crippen molar-refractivity contribution < 1.29 is 22.3 Å². The fourth-order valence-electron chi connectivity index (χ4n) is 1.85. The first kappa shape index (κ1) is 14.3. The number of benzene rings is 1. The predicted molar refractivity (Wildman–Crippen MR) is 65.9 cm³/mol. The highest BCUT2D eigenvalue weighted by atomic mass is 35.5. The van der Waals surface area contributed by atoms with Gasteiger partial charge in [-0.1, -0.05) is 11.6 Å². The molecule has 0 bridgehead atoms. The molecule has 19 heavy (non-hydrogen) atoms. The Kier molecular flexibility index (Phi) is 3.36. The van der Waals surface area contributed by atoms with Crippen LogP contribution in [0.3, 0.4) is 0 Å². The molecular formula is C10H11ClF2N2O3S. The first-order valence-electron chi connectivity index (χ1n) is 5.30. The lowest BCUT2D eigenvalue weighted by Gasteiger charge is -2.18. The molecule has 5 nitrogen and oxygen atoms in total. The molecule has 0 unspecified atom stereocenters. The molecule has 1 aliphatic rings. The van der Waals surface area contributed by atoms with Gasteiger partial charge in [-0.3, -0.25) is 0 Å². The number of phenolic OH excluding ortho intramolecular Hbond substituents is 1. The molecule has 1 aromatic rings. The molecule has 0 aromatic heterocycles. The molecule has 106 valence electrons. The van der Waals surface area contributed by atoms with Crippen molar-refractivity contribution in [2.24, 2.45) is 0 Å². The fraction of sp³-hybridized carbons (Fsp3) is 0.400. The van der Waals surface area contributed by atoms with Crippen molar-refractivity contribution in [1.29, 1.82) is 0 Å². The average molecular weight is 313 g/mol. The van der Waals surface area contributed by atoms with Crippen molar-refractivity contribution in [3.05, 3.63) is 17.2 Å². The number of sulfonamides is 1. The highest BCUT2D eigenvalue weighted by Crippen LogP contribution is 2.39. The van der Waals surface area contributed by atoms with E-state index in [9.17, 15) is 22.3 Å². The van der Waals surface area contributed by atoms with E-state index in [-0.39, 0.29) is 17.3 Å². The topological polar surface area (TPSA) is 83.6 Å². The number of anilines is 1. The van der Waals surface area contributed by atoms with Crippen LogP contribution in [-0.2, 0) is 10.0 Å². The smallest absolute Gasteiger partial charge is 0.262 e. The second-order valence-electron chi connectivity index (χ2n) is 4.26. The number of halogens is 3. The zero-order chi connectivity index (χ0) is 14.4. The number of aromatic hydroxyl groups is 1. The Morgan fingerprint density at radius 2 is 2.05 bits per heavy atom.